The molecular formula is C31H30N2O3. The van der Waals surface area contributed by atoms with Gasteiger partial charge in [-0.2, -0.15) is 0 Å². The summed E-state index contributed by atoms with van der Waals surface area (Å²) in [6.07, 6.45) is 4.07. The molecule has 36 heavy (non-hydrogen) atoms. The van der Waals surface area contributed by atoms with Gasteiger partial charge in [0.2, 0.25) is 5.91 Å². The average Bonchev–Trinajstić information content (AvgIpc) is 3.59. The molecule has 1 heterocycles. The monoisotopic (exact) mass is 478 g/mol. The van der Waals surface area contributed by atoms with Gasteiger partial charge in [0.05, 0.1) is 12.5 Å². The zero-order valence-corrected chi connectivity index (χ0v) is 20.3. The lowest BCUT2D eigenvalue weighted by molar-refractivity contribution is -0.120. The molecule has 1 N–H and O–H groups in total. The number of amides is 2. The Morgan fingerprint density at radius 2 is 1.69 bits per heavy atom. The molecule has 2 amide bonds. The van der Waals surface area contributed by atoms with Gasteiger partial charge in [0, 0.05) is 18.2 Å². The number of ether oxygens (including phenoxy) is 1. The molecule has 0 bridgehead atoms. The zero-order chi connectivity index (χ0) is 24.7. The summed E-state index contributed by atoms with van der Waals surface area (Å²) in [5.74, 6) is 6.64. The number of hydrogen-bond donors (Lipinski definition) is 1. The van der Waals surface area contributed by atoms with E-state index in [-0.39, 0.29) is 24.6 Å². The number of benzene rings is 3. The summed E-state index contributed by atoms with van der Waals surface area (Å²) in [6, 6.07) is 26.2. The second kappa shape index (κ2) is 11.1. The molecule has 0 unspecified atom stereocenters. The minimum Gasteiger partial charge on any atom is -0.445 e. The van der Waals surface area contributed by atoms with Gasteiger partial charge in [0.25, 0.3) is 0 Å². The molecule has 0 aromatic heterocycles. The number of nitrogens with zero attached hydrogens (tertiary/aromatic N) is 1. The van der Waals surface area contributed by atoms with Crippen molar-refractivity contribution in [1.82, 2.24) is 10.2 Å². The lowest BCUT2D eigenvalue weighted by Gasteiger charge is -2.20. The molecule has 2 fully saturated rings. The van der Waals surface area contributed by atoms with Crippen molar-refractivity contribution in [3.63, 3.8) is 0 Å². The smallest absolute Gasteiger partial charge is 0.411 e. The number of carbonyl (C=O) groups is 2. The molecule has 182 valence electrons. The zero-order valence-electron chi connectivity index (χ0n) is 20.3. The Labute approximate surface area is 212 Å². The summed E-state index contributed by atoms with van der Waals surface area (Å²) in [5, 5.41) is 3.03. The van der Waals surface area contributed by atoms with Crippen molar-refractivity contribution >= 4 is 12.0 Å². The predicted molar refractivity (Wildman–Crippen MR) is 140 cm³/mol. The molecule has 1 atom stereocenters. The van der Waals surface area contributed by atoms with Crippen molar-refractivity contribution < 1.29 is 14.3 Å². The Morgan fingerprint density at radius 3 is 2.47 bits per heavy atom. The Morgan fingerprint density at radius 1 is 0.889 bits per heavy atom. The first-order chi connectivity index (χ1) is 17.6. The van der Waals surface area contributed by atoms with E-state index in [1.165, 1.54) is 0 Å². The maximum atomic E-state index is 12.6. The van der Waals surface area contributed by atoms with Gasteiger partial charge in [-0.1, -0.05) is 78.6 Å². The molecule has 1 saturated carbocycles. The first kappa shape index (κ1) is 23.7. The van der Waals surface area contributed by atoms with Crippen LogP contribution in [0.2, 0.25) is 0 Å². The molecule has 0 radical (unpaired) electrons. The predicted octanol–water partition coefficient (Wildman–Crippen LogP) is 5.33. The topological polar surface area (TPSA) is 58.6 Å². The molecule has 1 saturated heterocycles. The van der Waals surface area contributed by atoms with Crippen LogP contribution in [0.4, 0.5) is 4.79 Å². The fourth-order valence-electron chi connectivity index (χ4n) is 4.39. The van der Waals surface area contributed by atoms with Crippen LogP contribution < -0.4 is 5.32 Å². The third-order valence-electron chi connectivity index (χ3n) is 6.53. The number of likely N-dealkylation sites (tertiary alicyclic amines) is 1. The SMILES string of the molecule is O=C(Cc1ccc(-c2cccc(C#C[C@@H]3CCCN3C(=O)OCc3ccccc3)c2)cc1)NC1CC1. The Balaban J connectivity index is 1.20. The molecule has 5 heteroatoms. The van der Waals surface area contributed by atoms with Crippen molar-refractivity contribution in [3.05, 3.63) is 95.6 Å². The van der Waals surface area contributed by atoms with Gasteiger partial charge in [-0.25, -0.2) is 4.79 Å². The van der Waals surface area contributed by atoms with Crippen LogP contribution in [-0.2, 0) is 22.6 Å². The maximum absolute atomic E-state index is 12.6. The second-order valence-electron chi connectivity index (χ2n) is 9.46. The van der Waals surface area contributed by atoms with Gasteiger partial charge in [-0.3, -0.25) is 9.69 Å². The van der Waals surface area contributed by atoms with Crippen molar-refractivity contribution in [1.29, 1.82) is 0 Å². The molecule has 2 aliphatic rings. The van der Waals surface area contributed by atoms with Crippen LogP contribution in [0.3, 0.4) is 0 Å². The normalized spacial score (nSPS) is 16.7. The summed E-state index contributed by atoms with van der Waals surface area (Å²) in [4.78, 5) is 26.4. The number of nitrogens with one attached hydrogen (secondary N) is 1. The van der Waals surface area contributed by atoms with Crippen LogP contribution in [0.5, 0.6) is 0 Å². The Bertz CT molecular complexity index is 1270. The molecule has 1 aliphatic heterocycles. The van der Waals surface area contributed by atoms with Gasteiger partial charge >= 0.3 is 6.09 Å². The van der Waals surface area contributed by atoms with Gasteiger partial charge in [0.1, 0.15) is 6.61 Å². The maximum Gasteiger partial charge on any atom is 0.411 e. The lowest BCUT2D eigenvalue weighted by atomic mass is 10.0. The fourth-order valence-corrected chi connectivity index (χ4v) is 4.39. The highest BCUT2D eigenvalue weighted by atomic mass is 16.6. The highest BCUT2D eigenvalue weighted by Gasteiger charge is 2.28. The Kier molecular flexibility index (Phi) is 7.33. The van der Waals surface area contributed by atoms with Gasteiger partial charge in [-0.05, 0) is 60.1 Å². The van der Waals surface area contributed by atoms with Crippen molar-refractivity contribution in [2.45, 2.75) is 50.8 Å². The van der Waals surface area contributed by atoms with E-state index in [9.17, 15) is 9.59 Å². The fraction of sp³-hybridized carbons (Fsp3) is 0.290. The van der Waals surface area contributed by atoms with Gasteiger partial charge in [-0.15, -0.1) is 0 Å². The van der Waals surface area contributed by atoms with Gasteiger partial charge in [0.15, 0.2) is 0 Å². The summed E-state index contributed by atoms with van der Waals surface area (Å²) in [5.41, 5.74) is 5.04. The number of rotatable bonds is 6. The van der Waals surface area contributed by atoms with Gasteiger partial charge < -0.3 is 10.1 Å². The van der Waals surface area contributed by atoms with Crippen molar-refractivity contribution in [3.8, 4) is 23.0 Å². The molecular weight excluding hydrogens is 448 g/mol. The second-order valence-corrected chi connectivity index (χ2v) is 9.46. The van der Waals surface area contributed by atoms with Crippen molar-refractivity contribution in [2.75, 3.05) is 6.54 Å². The summed E-state index contributed by atoms with van der Waals surface area (Å²) in [6.45, 7) is 0.931. The van der Waals surface area contributed by atoms with E-state index in [0.717, 1.165) is 53.5 Å². The molecule has 5 rings (SSSR count). The van der Waals surface area contributed by atoms with E-state index in [1.54, 1.807) is 4.90 Å². The molecule has 3 aromatic rings. The number of carbonyl (C=O) groups excluding carboxylic acids is 2. The van der Waals surface area contributed by atoms with Crippen LogP contribution >= 0.6 is 0 Å². The minimum absolute atomic E-state index is 0.0902. The highest BCUT2D eigenvalue weighted by Crippen LogP contribution is 2.23. The summed E-state index contributed by atoms with van der Waals surface area (Å²) >= 11 is 0. The minimum atomic E-state index is -0.310. The van der Waals surface area contributed by atoms with Crippen LogP contribution in [-0.4, -0.2) is 35.5 Å². The largest absolute Gasteiger partial charge is 0.445 e. The standard InChI is InChI=1S/C31H30N2O3/c34-30(32-28-16-17-28)21-24-11-14-26(15-12-24)27-9-4-8-23(20-27)13-18-29-10-5-19-33(29)31(35)36-22-25-6-2-1-3-7-25/h1-4,6-9,11-12,14-15,20,28-29H,5,10,16-17,19,21-22H2,(H,32,34)/t29-/m0/s1. The van der Waals surface area contributed by atoms with Crippen LogP contribution in [0.1, 0.15) is 42.4 Å². The van der Waals surface area contributed by atoms with Crippen LogP contribution in [0.15, 0.2) is 78.9 Å². The molecule has 3 aromatic carbocycles. The first-order valence-corrected chi connectivity index (χ1v) is 12.6. The third-order valence-corrected chi connectivity index (χ3v) is 6.53. The van der Waals surface area contributed by atoms with E-state index in [1.807, 2.05) is 66.7 Å². The lowest BCUT2D eigenvalue weighted by Crippen LogP contribution is -2.35. The molecule has 1 aliphatic carbocycles. The molecule has 0 spiro atoms. The quantitative estimate of drug-likeness (QED) is 0.488. The van der Waals surface area contributed by atoms with E-state index < -0.39 is 0 Å². The van der Waals surface area contributed by atoms with Crippen molar-refractivity contribution in [2.24, 2.45) is 0 Å². The van der Waals surface area contributed by atoms with Crippen LogP contribution in [0, 0.1) is 11.8 Å². The summed E-state index contributed by atoms with van der Waals surface area (Å²) < 4.78 is 5.52. The van der Waals surface area contributed by atoms with E-state index >= 15 is 0 Å². The summed E-state index contributed by atoms with van der Waals surface area (Å²) in [7, 11) is 0. The third kappa shape index (κ3) is 6.34. The molecule has 5 nitrogen and oxygen atoms in total. The Hall–Kier alpha value is -4.04. The van der Waals surface area contributed by atoms with Crippen LogP contribution in [0.25, 0.3) is 11.1 Å². The number of hydrogen-bond acceptors (Lipinski definition) is 3. The van der Waals surface area contributed by atoms with E-state index in [0.29, 0.717) is 19.0 Å². The highest BCUT2D eigenvalue weighted by molar-refractivity contribution is 5.79. The first-order valence-electron chi connectivity index (χ1n) is 12.6. The van der Waals surface area contributed by atoms with E-state index in [4.69, 9.17) is 4.74 Å². The van der Waals surface area contributed by atoms with E-state index in [2.05, 4.69) is 29.3 Å². The average molecular weight is 479 g/mol.